The van der Waals surface area contributed by atoms with Gasteiger partial charge in [-0.1, -0.05) is 16.8 Å². The van der Waals surface area contributed by atoms with Gasteiger partial charge < -0.3 is 15.8 Å². The lowest BCUT2D eigenvalue weighted by molar-refractivity contribution is 0.0803. The van der Waals surface area contributed by atoms with E-state index in [9.17, 15) is 4.79 Å². The SMILES string of the molecule is Cc1csc(C(=O)N(C)CC/C(N)=N/O)c1Cl. The molecule has 0 aromatic carbocycles. The number of nitrogens with zero attached hydrogens (tertiary/aromatic N) is 2. The lowest BCUT2D eigenvalue weighted by Gasteiger charge is -2.15. The number of carbonyl (C=O) groups excluding carboxylic acids is 1. The molecule has 0 bridgehead atoms. The molecule has 17 heavy (non-hydrogen) atoms. The highest BCUT2D eigenvalue weighted by molar-refractivity contribution is 7.13. The minimum absolute atomic E-state index is 0.0955. The van der Waals surface area contributed by atoms with Crippen LogP contribution in [-0.4, -0.2) is 35.4 Å². The molecule has 1 rings (SSSR count). The van der Waals surface area contributed by atoms with Crippen molar-refractivity contribution in [3.05, 3.63) is 20.8 Å². The van der Waals surface area contributed by atoms with E-state index < -0.39 is 0 Å². The average Bonchev–Trinajstić information content (AvgIpc) is 2.65. The van der Waals surface area contributed by atoms with Crippen molar-refractivity contribution in [3.63, 3.8) is 0 Å². The molecule has 94 valence electrons. The minimum atomic E-state index is -0.154. The van der Waals surface area contributed by atoms with Crippen LogP contribution in [0.2, 0.25) is 5.02 Å². The Labute approximate surface area is 108 Å². The summed E-state index contributed by atoms with van der Waals surface area (Å²) < 4.78 is 0. The molecular weight excluding hydrogens is 262 g/mol. The second kappa shape index (κ2) is 5.88. The van der Waals surface area contributed by atoms with E-state index in [1.54, 1.807) is 7.05 Å². The van der Waals surface area contributed by atoms with Crippen LogP contribution < -0.4 is 5.73 Å². The van der Waals surface area contributed by atoms with Gasteiger partial charge in [-0.3, -0.25) is 4.79 Å². The molecule has 0 saturated carbocycles. The van der Waals surface area contributed by atoms with E-state index in [1.807, 2.05) is 12.3 Å². The maximum Gasteiger partial charge on any atom is 0.265 e. The number of oxime groups is 1. The summed E-state index contributed by atoms with van der Waals surface area (Å²) in [6.45, 7) is 2.23. The first kappa shape index (κ1) is 13.8. The van der Waals surface area contributed by atoms with Crippen molar-refractivity contribution in [1.29, 1.82) is 0 Å². The number of aryl methyl sites for hydroxylation is 1. The Bertz CT molecular complexity index is 445. The smallest absolute Gasteiger partial charge is 0.265 e. The van der Waals surface area contributed by atoms with Gasteiger partial charge in [0, 0.05) is 20.0 Å². The van der Waals surface area contributed by atoms with Crippen LogP contribution in [0, 0.1) is 6.92 Å². The molecule has 1 heterocycles. The number of hydrogen-bond donors (Lipinski definition) is 2. The highest BCUT2D eigenvalue weighted by Gasteiger charge is 2.18. The zero-order valence-corrected chi connectivity index (χ0v) is 11.2. The number of nitrogens with two attached hydrogens (primary N) is 1. The minimum Gasteiger partial charge on any atom is -0.409 e. The number of thiophene rings is 1. The average molecular weight is 276 g/mol. The predicted molar refractivity (Wildman–Crippen MR) is 69.1 cm³/mol. The van der Waals surface area contributed by atoms with Crippen LogP contribution in [0.5, 0.6) is 0 Å². The number of amides is 1. The standard InChI is InChI=1S/C10H14ClN3O2S/c1-6-5-17-9(8(6)11)10(15)14(2)4-3-7(12)13-16/h5,16H,3-4H2,1-2H3,(H2,12,13). The molecule has 1 aromatic rings. The van der Waals surface area contributed by atoms with Crippen LogP contribution in [0.3, 0.4) is 0 Å². The summed E-state index contributed by atoms with van der Waals surface area (Å²) in [7, 11) is 1.65. The van der Waals surface area contributed by atoms with Crippen LogP contribution in [0.15, 0.2) is 10.5 Å². The van der Waals surface area contributed by atoms with Gasteiger partial charge in [0.2, 0.25) is 0 Å². The molecule has 0 fully saturated rings. The topological polar surface area (TPSA) is 78.9 Å². The fourth-order valence-corrected chi connectivity index (χ4v) is 2.45. The van der Waals surface area contributed by atoms with Crippen LogP contribution in [0.1, 0.15) is 21.7 Å². The Morgan fingerprint density at radius 1 is 1.71 bits per heavy atom. The second-order valence-corrected chi connectivity index (χ2v) is 4.89. The van der Waals surface area contributed by atoms with Gasteiger partial charge in [0.05, 0.1) is 5.02 Å². The maximum absolute atomic E-state index is 12.0. The van der Waals surface area contributed by atoms with Gasteiger partial charge in [-0.05, 0) is 17.9 Å². The number of halogens is 1. The van der Waals surface area contributed by atoms with Crippen LogP contribution in [0.25, 0.3) is 0 Å². The van der Waals surface area contributed by atoms with E-state index >= 15 is 0 Å². The Morgan fingerprint density at radius 2 is 2.35 bits per heavy atom. The molecule has 0 unspecified atom stereocenters. The summed E-state index contributed by atoms with van der Waals surface area (Å²) >= 11 is 7.33. The van der Waals surface area contributed by atoms with Crippen LogP contribution >= 0.6 is 22.9 Å². The molecule has 0 spiro atoms. The molecule has 1 aromatic heterocycles. The lowest BCUT2D eigenvalue weighted by atomic mass is 10.3. The van der Waals surface area contributed by atoms with Crippen molar-refractivity contribution in [2.45, 2.75) is 13.3 Å². The summed E-state index contributed by atoms with van der Waals surface area (Å²) in [5.74, 6) is -0.0584. The Kier molecular flexibility index (Phi) is 4.77. The number of carbonyl (C=O) groups is 1. The van der Waals surface area contributed by atoms with Gasteiger partial charge in [0.1, 0.15) is 10.7 Å². The van der Waals surface area contributed by atoms with E-state index in [2.05, 4.69) is 5.16 Å². The third kappa shape index (κ3) is 3.34. The van der Waals surface area contributed by atoms with E-state index in [0.29, 0.717) is 22.9 Å². The van der Waals surface area contributed by atoms with Gasteiger partial charge >= 0.3 is 0 Å². The zero-order valence-electron chi connectivity index (χ0n) is 9.61. The normalized spacial score (nSPS) is 11.6. The highest BCUT2D eigenvalue weighted by atomic mass is 35.5. The summed E-state index contributed by atoms with van der Waals surface area (Å²) in [4.78, 5) is 14.0. The third-order valence-corrected chi connectivity index (χ3v) is 3.96. The van der Waals surface area contributed by atoms with Crippen molar-refractivity contribution in [3.8, 4) is 0 Å². The molecule has 3 N–H and O–H groups in total. The van der Waals surface area contributed by atoms with E-state index in [1.165, 1.54) is 16.2 Å². The van der Waals surface area contributed by atoms with Gasteiger partial charge in [0.25, 0.3) is 5.91 Å². The predicted octanol–water partition coefficient (Wildman–Crippen LogP) is 1.92. The Morgan fingerprint density at radius 3 is 2.82 bits per heavy atom. The molecule has 0 radical (unpaired) electrons. The largest absolute Gasteiger partial charge is 0.409 e. The van der Waals surface area contributed by atoms with Crippen molar-refractivity contribution in [2.24, 2.45) is 10.9 Å². The molecule has 0 aliphatic heterocycles. The molecule has 7 heteroatoms. The monoisotopic (exact) mass is 275 g/mol. The molecular formula is C10H14ClN3O2S. The second-order valence-electron chi connectivity index (χ2n) is 3.63. The highest BCUT2D eigenvalue weighted by Crippen LogP contribution is 2.28. The number of rotatable bonds is 4. The molecule has 5 nitrogen and oxygen atoms in total. The first-order valence-corrected chi connectivity index (χ1v) is 6.18. The van der Waals surface area contributed by atoms with E-state index in [-0.39, 0.29) is 11.7 Å². The Balaban J connectivity index is 2.67. The summed E-state index contributed by atoms with van der Waals surface area (Å²) in [5, 5.41) is 13.6. The first-order chi connectivity index (χ1) is 7.97. The van der Waals surface area contributed by atoms with E-state index in [4.69, 9.17) is 22.5 Å². The molecule has 0 saturated heterocycles. The maximum atomic E-state index is 12.0. The number of amidine groups is 1. The van der Waals surface area contributed by atoms with Gasteiger partial charge in [-0.2, -0.15) is 0 Å². The molecule has 0 aliphatic carbocycles. The van der Waals surface area contributed by atoms with Crippen LogP contribution in [-0.2, 0) is 0 Å². The summed E-state index contributed by atoms with van der Waals surface area (Å²) in [6, 6.07) is 0. The van der Waals surface area contributed by atoms with Crippen LogP contribution in [0.4, 0.5) is 0 Å². The van der Waals surface area contributed by atoms with Crippen molar-refractivity contribution in [1.82, 2.24) is 4.90 Å². The lowest BCUT2D eigenvalue weighted by Crippen LogP contribution is -2.30. The quantitative estimate of drug-likeness (QED) is 0.381. The van der Waals surface area contributed by atoms with Crippen molar-refractivity contribution >= 4 is 34.7 Å². The third-order valence-electron chi connectivity index (χ3n) is 2.27. The number of hydrogen-bond acceptors (Lipinski definition) is 4. The fourth-order valence-electron chi connectivity index (χ4n) is 1.18. The van der Waals surface area contributed by atoms with E-state index in [0.717, 1.165) is 5.56 Å². The molecule has 0 aliphatic rings. The van der Waals surface area contributed by atoms with Crippen molar-refractivity contribution in [2.75, 3.05) is 13.6 Å². The van der Waals surface area contributed by atoms with Gasteiger partial charge in [-0.25, -0.2) is 0 Å². The summed E-state index contributed by atoms with van der Waals surface area (Å²) in [5.41, 5.74) is 6.23. The van der Waals surface area contributed by atoms with Gasteiger partial charge in [0.15, 0.2) is 0 Å². The van der Waals surface area contributed by atoms with Crippen molar-refractivity contribution < 1.29 is 10.0 Å². The molecule has 1 amide bonds. The summed E-state index contributed by atoms with van der Waals surface area (Å²) in [6.07, 6.45) is 0.320. The first-order valence-electron chi connectivity index (χ1n) is 4.92. The Hall–Kier alpha value is -1.27. The molecule has 0 atom stereocenters. The van der Waals surface area contributed by atoms with Gasteiger partial charge in [-0.15, -0.1) is 11.3 Å². The zero-order chi connectivity index (χ0) is 13.0. The fraction of sp³-hybridized carbons (Fsp3) is 0.400.